The summed E-state index contributed by atoms with van der Waals surface area (Å²) >= 11 is 1.27. The van der Waals surface area contributed by atoms with Crippen molar-refractivity contribution in [3.63, 3.8) is 0 Å². The number of esters is 1. The van der Waals surface area contributed by atoms with Crippen molar-refractivity contribution >= 4 is 39.1 Å². The molecule has 7 nitrogen and oxygen atoms in total. The number of rotatable bonds is 5. The van der Waals surface area contributed by atoms with Crippen LogP contribution in [-0.2, 0) is 4.74 Å². The van der Waals surface area contributed by atoms with E-state index in [9.17, 15) is 14.4 Å². The number of amides is 1. The van der Waals surface area contributed by atoms with Crippen LogP contribution in [0.3, 0.4) is 0 Å². The van der Waals surface area contributed by atoms with Crippen LogP contribution < -0.4 is 15.5 Å². The number of fused-ring (bicyclic) bond motifs is 1. The van der Waals surface area contributed by atoms with Crippen molar-refractivity contribution in [3.8, 4) is 5.75 Å². The normalized spacial score (nSPS) is 10.7. The van der Waals surface area contributed by atoms with E-state index in [-0.39, 0.29) is 12.2 Å². The molecule has 1 aromatic carbocycles. The van der Waals surface area contributed by atoms with Crippen LogP contribution in [0.4, 0.5) is 5.00 Å². The standard InChI is InChI=1S/C20H20N2O5S/c1-5-27-20(25)16-10(2)11(3)28-19(16)22-18(24)14-9-21-15-7-6-12(26-4)8-13(15)17(14)23/h6-9H,5H2,1-4H3,(H,21,23)(H,22,24). The molecule has 28 heavy (non-hydrogen) atoms. The van der Waals surface area contributed by atoms with Gasteiger partial charge in [-0.3, -0.25) is 9.59 Å². The van der Waals surface area contributed by atoms with Gasteiger partial charge in [-0.1, -0.05) is 0 Å². The molecule has 0 saturated heterocycles. The number of anilines is 1. The van der Waals surface area contributed by atoms with Crippen LogP contribution in [0.5, 0.6) is 5.75 Å². The Morgan fingerprint density at radius 2 is 2.00 bits per heavy atom. The molecule has 3 aromatic rings. The van der Waals surface area contributed by atoms with E-state index >= 15 is 0 Å². The lowest BCUT2D eigenvalue weighted by atomic mass is 10.1. The molecule has 8 heteroatoms. The van der Waals surface area contributed by atoms with Crippen LogP contribution in [0.2, 0.25) is 0 Å². The fraction of sp³-hybridized carbons (Fsp3) is 0.250. The monoisotopic (exact) mass is 400 g/mol. The van der Waals surface area contributed by atoms with Crippen molar-refractivity contribution in [2.24, 2.45) is 0 Å². The molecule has 2 heterocycles. The SMILES string of the molecule is CCOC(=O)c1c(NC(=O)c2c[nH]c3ccc(OC)cc3c2=O)sc(C)c1C. The lowest BCUT2D eigenvalue weighted by Crippen LogP contribution is -2.22. The van der Waals surface area contributed by atoms with Gasteiger partial charge in [0.1, 0.15) is 16.3 Å². The molecule has 0 spiro atoms. The number of ether oxygens (including phenoxy) is 2. The Labute approximate surface area is 165 Å². The molecule has 0 aliphatic heterocycles. The molecule has 2 aromatic heterocycles. The van der Waals surface area contributed by atoms with E-state index in [4.69, 9.17) is 9.47 Å². The third kappa shape index (κ3) is 3.50. The Morgan fingerprint density at radius 1 is 1.25 bits per heavy atom. The van der Waals surface area contributed by atoms with E-state index in [1.807, 2.05) is 6.92 Å². The Hall–Kier alpha value is -3.13. The second-order valence-electron chi connectivity index (χ2n) is 6.10. The zero-order chi connectivity index (χ0) is 20.4. The number of benzene rings is 1. The minimum Gasteiger partial charge on any atom is -0.497 e. The van der Waals surface area contributed by atoms with Gasteiger partial charge >= 0.3 is 5.97 Å². The number of pyridine rings is 1. The van der Waals surface area contributed by atoms with E-state index in [0.717, 1.165) is 10.4 Å². The number of H-pyrrole nitrogens is 1. The molecule has 0 unspecified atom stereocenters. The van der Waals surface area contributed by atoms with Crippen molar-refractivity contribution in [3.05, 3.63) is 56.2 Å². The van der Waals surface area contributed by atoms with Gasteiger partial charge in [0.05, 0.1) is 19.3 Å². The first-order chi connectivity index (χ1) is 13.4. The minimum atomic E-state index is -0.599. The molecular formula is C20H20N2O5S. The van der Waals surface area contributed by atoms with Gasteiger partial charge in [-0.2, -0.15) is 0 Å². The highest BCUT2D eigenvalue weighted by atomic mass is 32.1. The molecule has 0 atom stereocenters. The van der Waals surface area contributed by atoms with Gasteiger partial charge in [0, 0.05) is 22.0 Å². The summed E-state index contributed by atoms with van der Waals surface area (Å²) in [5.74, 6) is -0.584. The summed E-state index contributed by atoms with van der Waals surface area (Å²) in [6, 6.07) is 5.01. The molecule has 0 bridgehead atoms. The molecule has 146 valence electrons. The number of aromatic nitrogens is 1. The summed E-state index contributed by atoms with van der Waals surface area (Å²) in [5, 5.41) is 3.40. The first-order valence-electron chi connectivity index (χ1n) is 8.65. The Bertz CT molecular complexity index is 1130. The van der Waals surface area contributed by atoms with Gasteiger partial charge in [0.15, 0.2) is 0 Å². The quantitative estimate of drug-likeness (QED) is 0.637. The number of nitrogens with one attached hydrogen (secondary N) is 2. The fourth-order valence-electron chi connectivity index (χ4n) is 2.83. The predicted octanol–water partition coefficient (Wildman–Crippen LogP) is 3.64. The van der Waals surface area contributed by atoms with E-state index in [2.05, 4.69) is 10.3 Å². The second-order valence-corrected chi connectivity index (χ2v) is 7.33. The summed E-state index contributed by atoms with van der Waals surface area (Å²) in [6.07, 6.45) is 1.36. The number of aromatic amines is 1. The molecule has 0 saturated carbocycles. The average molecular weight is 400 g/mol. The van der Waals surface area contributed by atoms with Crippen LogP contribution in [0.15, 0.2) is 29.2 Å². The molecule has 2 N–H and O–H groups in total. The fourth-order valence-corrected chi connectivity index (χ4v) is 3.87. The number of thiophene rings is 1. The van der Waals surface area contributed by atoms with E-state index < -0.39 is 17.3 Å². The maximum Gasteiger partial charge on any atom is 0.341 e. The van der Waals surface area contributed by atoms with Gasteiger partial charge in [-0.15, -0.1) is 11.3 Å². The van der Waals surface area contributed by atoms with Crippen LogP contribution in [-0.4, -0.2) is 30.6 Å². The largest absolute Gasteiger partial charge is 0.497 e. The van der Waals surface area contributed by atoms with Crippen LogP contribution in [0.1, 0.15) is 38.1 Å². The van der Waals surface area contributed by atoms with Crippen molar-refractivity contribution in [1.82, 2.24) is 4.98 Å². The molecule has 0 aliphatic rings. The molecule has 0 fully saturated rings. The summed E-state index contributed by atoms with van der Waals surface area (Å²) in [5.41, 5.74) is 1.18. The van der Waals surface area contributed by atoms with Gasteiger partial charge in [-0.05, 0) is 44.5 Å². The topological polar surface area (TPSA) is 97.5 Å². The van der Waals surface area contributed by atoms with E-state index in [1.165, 1.54) is 24.6 Å². The van der Waals surface area contributed by atoms with Crippen molar-refractivity contribution in [2.45, 2.75) is 20.8 Å². The predicted molar refractivity (Wildman–Crippen MR) is 109 cm³/mol. The minimum absolute atomic E-state index is 0.0562. The van der Waals surface area contributed by atoms with Crippen LogP contribution >= 0.6 is 11.3 Å². The number of carbonyl (C=O) groups is 2. The van der Waals surface area contributed by atoms with Gasteiger partial charge in [-0.25, -0.2) is 4.79 Å². The number of carbonyl (C=O) groups excluding carboxylic acids is 2. The number of hydrogen-bond donors (Lipinski definition) is 2. The van der Waals surface area contributed by atoms with Crippen LogP contribution in [0, 0.1) is 13.8 Å². The summed E-state index contributed by atoms with van der Waals surface area (Å²) in [6.45, 7) is 5.59. The highest BCUT2D eigenvalue weighted by Crippen LogP contribution is 2.33. The highest BCUT2D eigenvalue weighted by molar-refractivity contribution is 7.16. The Kier molecular flexibility index (Phi) is 5.51. The maximum atomic E-state index is 12.8. The molecule has 0 aliphatic carbocycles. The second kappa shape index (κ2) is 7.85. The van der Waals surface area contributed by atoms with Crippen LogP contribution in [0.25, 0.3) is 10.9 Å². The third-order valence-electron chi connectivity index (χ3n) is 4.42. The van der Waals surface area contributed by atoms with Gasteiger partial charge < -0.3 is 19.8 Å². The van der Waals surface area contributed by atoms with Crippen molar-refractivity contribution in [1.29, 1.82) is 0 Å². The lowest BCUT2D eigenvalue weighted by Gasteiger charge is -2.08. The van der Waals surface area contributed by atoms with Crippen molar-refractivity contribution in [2.75, 3.05) is 19.0 Å². The zero-order valence-electron chi connectivity index (χ0n) is 16.0. The molecule has 0 radical (unpaired) electrons. The highest BCUT2D eigenvalue weighted by Gasteiger charge is 2.23. The van der Waals surface area contributed by atoms with Crippen molar-refractivity contribution < 1.29 is 19.1 Å². The molecule has 3 rings (SSSR count). The first kappa shape index (κ1) is 19.6. The van der Waals surface area contributed by atoms with E-state index in [0.29, 0.717) is 27.2 Å². The average Bonchev–Trinajstić information content (AvgIpc) is 2.95. The summed E-state index contributed by atoms with van der Waals surface area (Å²) in [7, 11) is 1.50. The summed E-state index contributed by atoms with van der Waals surface area (Å²) in [4.78, 5) is 41.7. The third-order valence-corrected chi connectivity index (χ3v) is 5.55. The lowest BCUT2D eigenvalue weighted by molar-refractivity contribution is 0.0527. The van der Waals surface area contributed by atoms with E-state index in [1.54, 1.807) is 32.0 Å². The summed E-state index contributed by atoms with van der Waals surface area (Å²) < 4.78 is 10.2. The maximum absolute atomic E-state index is 12.8. The van der Waals surface area contributed by atoms with Gasteiger partial charge in [0.2, 0.25) is 5.43 Å². The number of methoxy groups -OCH3 is 1. The Morgan fingerprint density at radius 3 is 2.68 bits per heavy atom. The zero-order valence-corrected chi connectivity index (χ0v) is 16.8. The smallest absolute Gasteiger partial charge is 0.341 e. The first-order valence-corrected chi connectivity index (χ1v) is 9.46. The number of hydrogen-bond acceptors (Lipinski definition) is 6. The Balaban J connectivity index is 2.00. The number of aryl methyl sites for hydroxylation is 1. The van der Waals surface area contributed by atoms with Gasteiger partial charge in [0.25, 0.3) is 5.91 Å². The molecular weight excluding hydrogens is 380 g/mol. The molecule has 1 amide bonds.